The van der Waals surface area contributed by atoms with E-state index in [9.17, 15) is 19.5 Å². The zero-order valence-electron chi connectivity index (χ0n) is 19.8. The van der Waals surface area contributed by atoms with E-state index in [1.807, 2.05) is 44.3 Å². The van der Waals surface area contributed by atoms with Gasteiger partial charge in [0.2, 0.25) is 0 Å². The Morgan fingerprint density at radius 3 is 2.79 bits per heavy atom. The van der Waals surface area contributed by atoms with E-state index in [1.165, 1.54) is 13.2 Å². The van der Waals surface area contributed by atoms with Gasteiger partial charge in [0.05, 0.1) is 18.9 Å². The van der Waals surface area contributed by atoms with Crippen molar-refractivity contribution in [2.24, 2.45) is 17.0 Å². The molecule has 1 unspecified atom stereocenters. The number of aliphatic hydroxyl groups excluding tert-OH is 1. The van der Waals surface area contributed by atoms with Gasteiger partial charge in [0.1, 0.15) is 5.82 Å². The Bertz CT molecular complexity index is 854. The van der Waals surface area contributed by atoms with E-state index in [4.69, 9.17) is 0 Å². The van der Waals surface area contributed by atoms with Gasteiger partial charge in [-0.05, 0) is 57.7 Å². The molecule has 1 aliphatic carbocycles. The van der Waals surface area contributed by atoms with E-state index in [0.29, 0.717) is 49.8 Å². The summed E-state index contributed by atoms with van der Waals surface area (Å²) >= 11 is 0. The fraction of sp³-hybridized carbons (Fsp3) is 0.538. The van der Waals surface area contributed by atoms with Crippen LogP contribution in [0.15, 0.2) is 53.7 Å². The molecule has 0 amide bonds. The number of aryl methyl sites for hydroxylation is 1. The largest absolute Gasteiger partial charge is 0.469 e. The molecule has 0 saturated heterocycles. The highest BCUT2D eigenvalue weighted by atomic mass is 19.1. The number of allylic oxidation sites excluding steroid dienone is 3. The molecule has 2 rings (SSSR count). The van der Waals surface area contributed by atoms with Gasteiger partial charge in [-0.25, -0.2) is 4.39 Å². The lowest BCUT2D eigenvalue weighted by Gasteiger charge is -2.27. The number of carbonyl (C=O) groups excluding carboxylic acids is 1. The predicted molar refractivity (Wildman–Crippen MR) is 128 cm³/mol. The lowest BCUT2D eigenvalue weighted by molar-refractivity contribution is -0.140. The van der Waals surface area contributed by atoms with Crippen molar-refractivity contribution in [3.8, 4) is 0 Å². The second-order valence-electron chi connectivity index (χ2n) is 8.85. The number of ether oxygens (including phenoxy) is 1. The van der Waals surface area contributed by atoms with Crippen molar-refractivity contribution in [3.63, 3.8) is 0 Å². The molecule has 4 atom stereocenters. The van der Waals surface area contributed by atoms with E-state index in [1.54, 1.807) is 12.1 Å². The zero-order chi connectivity index (χ0) is 24.3. The van der Waals surface area contributed by atoms with Crippen LogP contribution in [0.1, 0.15) is 51.0 Å². The molecule has 1 aromatic carbocycles. The van der Waals surface area contributed by atoms with E-state index in [0.717, 1.165) is 6.42 Å². The number of halogens is 1. The van der Waals surface area contributed by atoms with Gasteiger partial charge in [0.25, 0.3) is 0 Å². The van der Waals surface area contributed by atoms with Crippen LogP contribution in [0.3, 0.4) is 0 Å². The molecule has 1 aromatic rings. The molecule has 0 radical (unpaired) electrons. The number of hydrogen-bond acceptors (Lipinski definition) is 6. The number of benzene rings is 1. The Hall–Kier alpha value is -2.51. The van der Waals surface area contributed by atoms with Crippen molar-refractivity contribution >= 4 is 11.7 Å². The Labute approximate surface area is 196 Å². The molecule has 0 aromatic heterocycles. The van der Waals surface area contributed by atoms with Gasteiger partial charge in [-0.2, -0.15) is 0 Å². The van der Waals surface area contributed by atoms with Gasteiger partial charge in [0.15, 0.2) is 0 Å². The summed E-state index contributed by atoms with van der Waals surface area (Å²) in [6.07, 6.45) is 11.6. The van der Waals surface area contributed by atoms with Gasteiger partial charge in [-0.1, -0.05) is 47.7 Å². The lowest BCUT2D eigenvalue weighted by Crippen LogP contribution is -2.38. The SMILES string of the molecule is CNC(C)(/C=C/[C@H]1/C(=N\O)C[C@H](O)[C@@H]1C/C=C\CCCC(=O)OC)CCc1ccccc1F. The van der Waals surface area contributed by atoms with E-state index in [2.05, 4.69) is 15.2 Å². The number of nitrogens with one attached hydrogen (secondary N) is 1. The number of carbonyl (C=O) groups is 1. The maximum absolute atomic E-state index is 14.0. The van der Waals surface area contributed by atoms with Gasteiger partial charge in [-0.15, -0.1) is 0 Å². The number of rotatable bonds is 12. The molecule has 1 fully saturated rings. The van der Waals surface area contributed by atoms with Crippen molar-refractivity contribution in [3.05, 3.63) is 60.0 Å². The molecule has 0 spiro atoms. The Morgan fingerprint density at radius 1 is 1.36 bits per heavy atom. The first-order valence-corrected chi connectivity index (χ1v) is 11.6. The maximum atomic E-state index is 14.0. The Morgan fingerprint density at radius 2 is 2.12 bits per heavy atom. The average molecular weight is 461 g/mol. The van der Waals surface area contributed by atoms with Crippen LogP contribution in [0.5, 0.6) is 0 Å². The molecule has 6 nitrogen and oxygen atoms in total. The molecule has 182 valence electrons. The van der Waals surface area contributed by atoms with Crippen LogP contribution in [0.2, 0.25) is 0 Å². The first-order valence-electron chi connectivity index (χ1n) is 11.6. The van der Waals surface area contributed by atoms with Crippen molar-refractivity contribution < 1.29 is 24.2 Å². The standard InChI is InChI=1S/C26H37FN2O4/c1-26(28-2,16-14-19-10-8-9-12-22(19)27)17-15-20-21(24(30)18-23(20)29-32)11-6-4-5-7-13-25(31)33-3/h4,6,8-10,12,15,17,20-21,24,28,30,32H,5,7,11,13-14,16,18H2,1-3H3/b6-4-,17-15+,29-23-/t20-,21-,24+,26?/m1/s1. The normalized spacial score (nSPS) is 24.0. The van der Waals surface area contributed by atoms with Crippen LogP contribution in [-0.4, -0.2) is 47.8 Å². The summed E-state index contributed by atoms with van der Waals surface area (Å²) in [7, 11) is 3.25. The second kappa shape index (κ2) is 13.3. The molecule has 33 heavy (non-hydrogen) atoms. The first-order chi connectivity index (χ1) is 15.8. The second-order valence-corrected chi connectivity index (χ2v) is 8.85. The Kier molecular flexibility index (Phi) is 10.7. The monoisotopic (exact) mass is 460 g/mol. The third-order valence-corrected chi connectivity index (χ3v) is 6.56. The van der Waals surface area contributed by atoms with Gasteiger partial charge in [0, 0.05) is 30.2 Å². The number of methoxy groups -OCH3 is 1. The molecular weight excluding hydrogens is 423 g/mol. The number of esters is 1. The van der Waals surface area contributed by atoms with E-state index in [-0.39, 0.29) is 29.2 Å². The number of likely N-dealkylation sites (N-methyl/N-ethyl adjacent to an activating group) is 1. The summed E-state index contributed by atoms with van der Waals surface area (Å²) in [4.78, 5) is 11.2. The van der Waals surface area contributed by atoms with Crippen LogP contribution in [-0.2, 0) is 16.0 Å². The molecule has 0 bridgehead atoms. The van der Waals surface area contributed by atoms with Crippen LogP contribution >= 0.6 is 0 Å². The van der Waals surface area contributed by atoms with Crippen molar-refractivity contribution in [1.82, 2.24) is 5.32 Å². The molecule has 1 saturated carbocycles. The summed E-state index contributed by atoms with van der Waals surface area (Å²) in [6.45, 7) is 2.04. The third kappa shape index (κ3) is 8.09. The van der Waals surface area contributed by atoms with Crippen molar-refractivity contribution in [1.29, 1.82) is 0 Å². The highest BCUT2D eigenvalue weighted by Crippen LogP contribution is 2.35. The number of unbranched alkanes of at least 4 members (excludes halogenated alkanes) is 1. The number of aliphatic hydroxyl groups is 1. The number of hydrogen-bond donors (Lipinski definition) is 3. The lowest BCUT2D eigenvalue weighted by atomic mass is 9.86. The fourth-order valence-electron chi connectivity index (χ4n) is 4.19. The number of oxime groups is 1. The van der Waals surface area contributed by atoms with Crippen molar-refractivity contribution in [2.45, 2.75) is 63.5 Å². The average Bonchev–Trinajstić information content (AvgIpc) is 3.13. The zero-order valence-corrected chi connectivity index (χ0v) is 19.8. The summed E-state index contributed by atoms with van der Waals surface area (Å²) in [5.41, 5.74) is 0.858. The fourth-order valence-corrected chi connectivity index (χ4v) is 4.19. The quantitative estimate of drug-likeness (QED) is 0.141. The highest BCUT2D eigenvalue weighted by molar-refractivity contribution is 5.90. The molecule has 1 aliphatic rings. The summed E-state index contributed by atoms with van der Waals surface area (Å²) in [5, 5.41) is 26.8. The minimum Gasteiger partial charge on any atom is -0.469 e. The molecule has 7 heteroatoms. The van der Waals surface area contributed by atoms with Crippen LogP contribution in [0.4, 0.5) is 4.39 Å². The van der Waals surface area contributed by atoms with E-state index < -0.39 is 6.10 Å². The molecular formula is C26H37FN2O4. The van der Waals surface area contributed by atoms with Crippen molar-refractivity contribution in [2.75, 3.05) is 14.2 Å². The minimum absolute atomic E-state index is 0.100. The van der Waals surface area contributed by atoms with Gasteiger partial charge in [-0.3, -0.25) is 4.79 Å². The highest BCUT2D eigenvalue weighted by Gasteiger charge is 2.38. The molecule has 0 aliphatic heterocycles. The summed E-state index contributed by atoms with van der Waals surface area (Å²) in [5.74, 6) is -0.708. The first kappa shape index (κ1) is 26.7. The Balaban J connectivity index is 2.02. The van der Waals surface area contributed by atoms with Crippen LogP contribution < -0.4 is 5.32 Å². The van der Waals surface area contributed by atoms with Crippen LogP contribution in [0, 0.1) is 17.7 Å². The smallest absolute Gasteiger partial charge is 0.305 e. The maximum Gasteiger partial charge on any atom is 0.305 e. The summed E-state index contributed by atoms with van der Waals surface area (Å²) in [6, 6.07) is 6.79. The molecule has 3 N–H and O–H groups in total. The molecule has 0 heterocycles. The van der Waals surface area contributed by atoms with Gasteiger partial charge >= 0.3 is 5.97 Å². The predicted octanol–water partition coefficient (Wildman–Crippen LogP) is 4.41. The number of nitrogens with zero attached hydrogens (tertiary/aromatic N) is 1. The summed E-state index contributed by atoms with van der Waals surface area (Å²) < 4.78 is 18.6. The van der Waals surface area contributed by atoms with Crippen LogP contribution in [0.25, 0.3) is 0 Å². The topological polar surface area (TPSA) is 91.2 Å². The van der Waals surface area contributed by atoms with E-state index >= 15 is 0 Å². The minimum atomic E-state index is -0.593. The van der Waals surface area contributed by atoms with Gasteiger partial charge < -0.3 is 20.4 Å². The third-order valence-electron chi connectivity index (χ3n) is 6.56.